The van der Waals surface area contributed by atoms with E-state index in [-0.39, 0.29) is 0 Å². The quantitative estimate of drug-likeness (QED) is 0.194. The summed E-state index contributed by atoms with van der Waals surface area (Å²) in [5.41, 5.74) is 5.86. The molecule has 3 heterocycles. The fourth-order valence-corrected chi connectivity index (χ4v) is 6.85. The molecule has 228 valence electrons. The number of hydrogen-bond donors (Lipinski definition) is 0. The summed E-state index contributed by atoms with van der Waals surface area (Å²) in [6.45, 7) is 0. The van der Waals surface area contributed by atoms with E-state index < -0.39 is 0 Å². The number of aromatic nitrogens is 4. The molecule has 3 aromatic heterocycles. The molecule has 0 aliphatic heterocycles. The van der Waals surface area contributed by atoms with Crippen LogP contribution in [0.25, 0.3) is 99.7 Å². The first-order valence-corrected chi connectivity index (χ1v) is 16.3. The van der Waals surface area contributed by atoms with Gasteiger partial charge in [0.1, 0.15) is 11.3 Å². The van der Waals surface area contributed by atoms with Gasteiger partial charge in [-0.3, -0.25) is 4.98 Å². The average molecular weight is 627 g/mol. The Labute approximate surface area is 281 Å². The molecule has 5 nitrogen and oxygen atoms in total. The second-order valence-electron chi connectivity index (χ2n) is 12.3. The van der Waals surface area contributed by atoms with Crippen molar-refractivity contribution in [1.29, 1.82) is 0 Å². The standard InChI is InChI=1S/C44H26N4O/c1-2-12-29(13-3-1)42-46-43(35-21-19-28-11-5-7-15-31(28)23-35)48-44(47-42)37-26-45-40(34-20-18-27-10-4-6-14-30(27)22-34)41-39(37)36-24-32-16-8-9-17-33(32)25-38(36)49-41/h1-26H. The molecule has 0 aliphatic carbocycles. The van der Waals surface area contributed by atoms with Gasteiger partial charge in [-0.15, -0.1) is 0 Å². The minimum atomic E-state index is 0.537. The van der Waals surface area contributed by atoms with Crippen LogP contribution in [-0.4, -0.2) is 19.9 Å². The van der Waals surface area contributed by atoms with Crippen LogP contribution in [-0.2, 0) is 0 Å². The van der Waals surface area contributed by atoms with Crippen molar-refractivity contribution in [2.75, 3.05) is 0 Å². The van der Waals surface area contributed by atoms with Gasteiger partial charge in [0.05, 0.1) is 0 Å². The third-order valence-corrected chi connectivity index (χ3v) is 9.30. The molecule has 0 aliphatic rings. The first kappa shape index (κ1) is 27.4. The minimum Gasteiger partial charge on any atom is -0.454 e. The number of pyridine rings is 1. The van der Waals surface area contributed by atoms with Crippen molar-refractivity contribution in [2.45, 2.75) is 0 Å². The molecule has 0 unspecified atom stereocenters. The number of benzene rings is 7. The number of furan rings is 1. The van der Waals surface area contributed by atoms with Crippen LogP contribution in [0.4, 0.5) is 0 Å². The molecule has 0 spiro atoms. The summed E-state index contributed by atoms with van der Waals surface area (Å²) < 4.78 is 6.76. The predicted molar refractivity (Wildman–Crippen MR) is 199 cm³/mol. The Bertz CT molecular complexity index is 2890. The lowest BCUT2D eigenvalue weighted by Gasteiger charge is -2.11. The maximum atomic E-state index is 6.76. The van der Waals surface area contributed by atoms with Crippen LogP contribution in [0.5, 0.6) is 0 Å². The highest BCUT2D eigenvalue weighted by Gasteiger charge is 2.22. The second-order valence-corrected chi connectivity index (χ2v) is 12.3. The lowest BCUT2D eigenvalue weighted by atomic mass is 10.00. The number of hydrogen-bond acceptors (Lipinski definition) is 5. The normalized spacial score (nSPS) is 11.7. The summed E-state index contributed by atoms with van der Waals surface area (Å²) in [5.74, 6) is 1.73. The third-order valence-electron chi connectivity index (χ3n) is 9.30. The molecule has 7 aromatic carbocycles. The van der Waals surface area contributed by atoms with E-state index in [9.17, 15) is 0 Å². The largest absolute Gasteiger partial charge is 0.454 e. The van der Waals surface area contributed by atoms with Crippen molar-refractivity contribution in [3.05, 3.63) is 158 Å². The topological polar surface area (TPSA) is 64.7 Å². The fourth-order valence-electron chi connectivity index (χ4n) is 6.85. The van der Waals surface area contributed by atoms with Gasteiger partial charge in [0.15, 0.2) is 23.1 Å². The average Bonchev–Trinajstić information content (AvgIpc) is 3.54. The Kier molecular flexibility index (Phi) is 6.11. The number of nitrogens with zero attached hydrogens (tertiary/aromatic N) is 4. The molecule has 0 amide bonds. The second kappa shape index (κ2) is 10.9. The smallest absolute Gasteiger partial charge is 0.166 e. The molecule has 0 N–H and O–H groups in total. The molecule has 10 aromatic rings. The molecule has 0 saturated carbocycles. The van der Waals surface area contributed by atoms with Gasteiger partial charge in [0.25, 0.3) is 0 Å². The monoisotopic (exact) mass is 626 g/mol. The predicted octanol–water partition coefficient (Wildman–Crippen LogP) is 11.3. The highest BCUT2D eigenvalue weighted by molar-refractivity contribution is 6.17. The summed E-state index contributed by atoms with van der Waals surface area (Å²) in [7, 11) is 0. The maximum Gasteiger partial charge on any atom is 0.166 e. The first-order chi connectivity index (χ1) is 24.2. The molecule has 10 rings (SSSR count). The summed E-state index contributed by atoms with van der Waals surface area (Å²) >= 11 is 0. The molecule has 0 saturated heterocycles. The van der Waals surface area contributed by atoms with Crippen LogP contribution in [0.2, 0.25) is 0 Å². The van der Waals surface area contributed by atoms with Crippen molar-refractivity contribution >= 4 is 54.3 Å². The summed E-state index contributed by atoms with van der Waals surface area (Å²) in [6, 6.07) is 52.2. The zero-order valence-corrected chi connectivity index (χ0v) is 26.2. The van der Waals surface area contributed by atoms with E-state index in [1.165, 1.54) is 5.39 Å². The Morgan fingerprint density at radius 2 is 0.939 bits per heavy atom. The van der Waals surface area contributed by atoms with E-state index in [2.05, 4.69) is 115 Å². The molecular weight excluding hydrogens is 601 g/mol. The van der Waals surface area contributed by atoms with Crippen molar-refractivity contribution in [3.8, 4) is 45.4 Å². The van der Waals surface area contributed by atoms with Crippen molar-refractivity contribution in [3.63, 3.8) is 0 Å². The van der Waals surface area contributed by atoms with Crippen LogP contribution in [0.3, 0.4) is 0 Å². The van der Waals surface area contributed by atoms with Crippen LogP contribution < -0.4 is 0 Å². The van der Waals surface area contributed by atoms with Crippen LogP contribution in [0, 0.1) is 0 Å². The fraction of sp³-hybridized carbons (Fsp3) is 0. The number of fused-ring (bicyclic) bond motifs is 6. The highest BCUT2D eigenvalue weighted by atomic mass is 16.3. The Hall–Kier alpha value is -6.72. The molecule has 0 bridgehead atoms. The number of rotatable bonds is 4. The van der Waals surface area contributed by atoms with Crippen molar-refractivity contribution < 1.29 is 4.42 Å². The SMILES string of the molecule is c1ccc(-c2nc(-c3ccc4ccccc4c3)nc(-c3cnc(-c4ccc5ccccc5c4)c4oc5cc6ccccc6cc5c34)n2)cc1. The lowest BCUT2D eigenvalue weighted by Crippen LogP contribution is -2.01. The maximum absolute atomic E-state index is 6.76. The van der Waals surface area contributed by atoms with Gasteiger partial charge < -0.3 is 4.42 Å². The Balaban J connectivity index is 1.27. The van der Waals surface area contributed by atoms with Gasteiger partial charge in [-0.05, 0) is 56.6 Å². The first-order valence-electron chi connectivity index (χ1n) is 16.3. The summed E-state index contributed by atoms with van der Waals surface area (Å²) in [5, 5.41) is 8.76. The van der Waals surface area contributed by atoms with Gasteiger partial charge in [0, 0.05) is 39.2 Å². The van der Waals surface area contributed by atoms with E-state index in [1.54, 1.807) is 0 Å². The molecular formula is C44H26N4O. The van der Waals surface area contributed by atoms with E-state index in [1.807, 2.05) is 42.6 Å². The highest BCUT2D eigenvalue weighted by Crippen LogP contribution is 2.42. The van der Waals surface area contributed by atoms with Gasteiger partial charge in [-0.2, -0.15) is 0 Å². The summed E-state index contributed by atoms with van der Waals surface area (Å²) in [6.07, 6.45) is 1.89. The lowest BCUT2D eigenvalue weighted by molar-refractivity contribution is 0.669. The Morgan fingerprint density at radius 3 is 1.63 bits per heavy atom. The van der Waals surface area contributed by atoms with Crippen LogP contribution >= 0.6 is 0 Å². The van der Waals surface area contributed by atoms with Gasteiger partial charge >= 0.3 is 0 Å². The van der Waals surface area contributed by atoms with Gasteiger partial charge in [0.2, 0.25) is 0 Å². The van der Waals surface area contributed by atoms with E-state index in [0.717, 1.165) is 71.2 Å². The molecule has 5 heteroatoms. The zero-order valence-electron chi connectivity index (χ0n) is 26.2. The van der Waals surface area contributed by atoms with Crippen molar-refractivity contribution in [2.24, 2.45) is 0 Å². The van der Waals surface area contributed by atoms with Crippen LogP contribution in [0.1, 0.15) is 0 Å². The van der Waals surface area contributed by atoms with E-state index in [4.69, 9.17) is 24.4 Å². The zero-order chi connectivity index (χ0) is 32.3. The van der Waals surface area contributed by atoms with Crippen LogP contribution in [0.15, 0.2) is 162 Å². The van der Waals surface area contributed by atoms with E-state index >= 15 is 0 Å². The molecule has 0 radical (unpaired) electrons. The van der Waals surface area contributed by atoms with Gasteiger partial charge in [-0.25, -0.2) is 15.0 Å². The van der Waals surface area contributed by atoms with E-state index in [0.29, 0.717) is 23.1 Å². The third kappa shape index (κ3) is 4.63. The molecule has 0 atom stereocenters. The van der Waals surface area contributed by atoms with Crippen molar-refractivity contribution in [1.82, 2.24) is 19.9 Å². The summed E-state index contributed by atoms with van der Waals surface area (Å²) in [4.78, 5) is 20.3. The van der Waals surface area contributed by atoms with Gasteiger partial charge in [-0.1, -0.05) is 127 Å². The molecule has 0 fully saturated rings. The minimum absolute atomic E-state index is 0.537. The Morgan fingerprint density at radius 1 is 0.408 bits per heavy atom. The molecule has 49 heavy (non-hydrogen) atoms.